The third kappa shape index (κ3) is 6.39. The Morgan fingerprint density at radius 3 is 2.33 bits per heavy atom. The van der Waals surface area contributed by atoms with Crippen LogP contribution in [0.2, 0.25) is 0 Å². The van der Waals surface area contributed by atoms with Gasteiger partial charge in [-0.3, -0.25) is 14.4 Å². The normalized spacial score (nSPS) is 14.6. The average molecular weight is 379 g/mol. The van der Waals surface area contributed by atoms with Gasteiger partial charge in [-0.15, -0.1) is 0 Å². The van der Waals surface area contributed by atoms with Crippen molar-refractivity contribution in [2.75, 3.05) is 32.7 Å². The molecule has 2 rings (SSSR count). The van der Waals surface area contributed by atoms with Crippen LogP contribution in [0.4, 0.5) is 4.79 Å². The number of alkyl carbamates (subject to hydrolysis) is 1. The van der Waals surface area contributed by atoms with Crippen LogP contribution in [0, 0.1) is 0 Å². The van der Waals surface area contributed by atoms with Crippen LogP contribution in [0.1, 0.15) is 37.7 Å². The smallest absolute Gasteiger partial charge is 0.407 e. The summed E-state index contributed by atoms with van der Waals surface area (Å²) in [6, 6.07) is 2.62. The van der Waals surface area contributed by atoms with Gasteiger partial charge in [-0.25, -0.2) is 9.89 Å². The Morgan fingerprint density at radius 1 is 1.15 bits per heavy atom. The monoisotopic (exact) mass is 379 g/mol. The number of aromatic nitrogens is 2. The number of hydrogen-bond donors (Lipinski definition) is 2. The summed E-state index contributed by atoms with van der Waals surface area (Å²) in [4.78, 5) is 50.4. The fraction of sp³-hybridized carbons (Fsp3) is 0.588. The number of aromatic amines is 1. The second-order valence-corrected chi connectivity index (χ2v) is 7.16. The van der Waals surface area contributed by atoms with Crippen LogP contribution in [0.15, 0.2) is 16.9 Å². The Morgan fingerprint density at radius 2 is 1.78 bits per heavy atom. The molecule has 2 N–H and O–H groups in total. The lowest BCUT2D eigenvalue weighted by Gasteiger charge is -2.34. The highest BCUT2D eigenvalue weighted by molar-refractivity contribution is 5.92. The lowest BCUT2D eigenvalue weighted by molar-refractivity contribution is -0.132. The molecule has 0 bridgehead atoms. The summed E-state index contributed by atoms with van der Waals surface area (Å²) in [6.45, 7) is 7.05. The van der Waals surface area contributed by atoms with Gasteiger partial charge in [-0.1, -0.05) is 0 Å². The van der Waals surface area contributed by atoms with Gasteiger partial charge in [0.2, 0.25) is 5.91 Å². The molecule has 1 saturated heterocycles. The molecule has 1 aliphatic rings. The van der Waals surface area contributed by atoms with E-state index >= 15 is 0 Å². The van der Waals surface area contributed by atoms with Crippen LogP contribution in [0.25, 0.3) is 0 Å². The minimum atomic E-state index is -0.586. The molecule has 0 radical (unpaired) electrons. The van der Waals surface area contributed by atoms with Gasteiger partial charge in [0.15, 0.2) is 0 Å². The van der Waals surface area contributed by atoms with Crippen molar-refractivity contribution in [3.8, 4) is 0 Å². The highest BCUT2D eigenvalue weighted by atomic mass is 16.6. The minimum absolute atomic E-state index is 0.0969. The van der Waals surface area contributed by atoms with E-state index in [0.29, 0.717) is 26.2 Å². The largest absolute Gasteiger partial charge is 0.444 e. The molecule has 1 fully saturated rings. The van der Waals surface area contributed by atoms with Crippen LogP contribution in [-0.4, -0.2) is 76.2 Å². The van der Waals surface area contributed by atoms with Crippen LogP contribution in [0.5, 0.6) is 0 Å². The van der Waals surface area contributed by atoms with Crippen molar-refractivity contribution in [3.63, 3.8) is 0 Å². The molecule has 0 atom stereocenters. The summed E-state index contributed by atoms with van der Waals surface area (Å²) in [7, 11) is 0. The highest BCUT2D eigenvalue weighted by Crippen LogP contribution is 2.08. The first-order valence-electron chi connectivity index (χ1n) is 8.75. The number of amides is 3. The zero-order chi connectivity index (χ0) is 20.0. The summed E-state index contributed by atoms with van der Waals surface area (Å²) >= 11 is 0. The van der Waals surface area contributed by atoms with E-state index in [1.54, 1.807) is 30.6 Å². The Bertz CT molecular complexity index is 726. The van der Waals surface area contributed by atoms with E-state index < -0.39 is 11.7 Å². The number of carbonyl (C=O) groups excluding carboxylic acids is 3. The lowest BCUT2D eigenvalue weighted by Crippen LogP contribution is -2.51. The summed E-state index contributed by atoms with van der Waals surface area (Å²) in [5.74, 6) is -0.384. The van der Waals surface area contributed by atoms with Gasteiger partial charge in [0.05, 0.1) is 0 Å². The molecule has 3 amide bonds. The van der Waals surface area contributed by atoms with Crippen LogP contribution in [0.3, 0.4) is 0 Å². The van der Waals surface area contributed by atoms with Gasteiger partial charge in [0.1, 0.15) is 11.3 Å². The number of hydrogen-bond acceptors (Lipinski definition) is 6. The number of rotatable bonds is 4. The molecule has 1 aliphatic heterocycles. The molecule has 27 heavy (non-hydrogen) atoms. The molecule has 0 unspecified atom stereocenters. The molecule has 148 valence electrons. The second kappa shape index (κ2) is 8.65. The lowest BCUT2D eigenvalue weighted by atomic mass is 10.2. The zero-order valence-electron chi connectivity index (χ0n) is 15.8. The molecule has 10 nitrogen and oxygen atoms in total. The van der Waals surface area contributed by atoms with Crippen molar-refractivity contribution in [1.82, 2.24) is 25.3 Å². The number of nitrogens with zero attached hydrogens (tertiary/aromatic N) is 3. The summed E-state index contributed by atoms with van der Waals surface area (Å²) in [6.07, 6.45) is -0.395. The van der Waals surface area contributed by atoms with E-state index in [1.165, 1.54) is 12.1 Å². The standard InChI is InChI=1S/C17H25N5O5/c1-17(2,3)27-16(26)18-7-6-14(24)21-8-10-22(11-9-21)15(25)12-4-5-13(23)20-19-12/h4-5H,6-11H2,1-3H3,(H,18,26)(H,20,23). The topological polar surface area (TPSA) is 125 Å². The first-order chi connectivity index (χ1) is 12.7. The van der Waals surface area contributed by atoms with E-state index in [-0.39, 0.29) is 36.0 Å². The van der Waals surface area contributed by atoms with Crippen LogP contribution < -0.4 is 10.9 Å². The van der Waals surface area contributed by atoms with Gasteiger partial charge in [-0.2, -0.15) is 5.10 Å². The van der Waals surface area contributed by atoms with E-state index in [9.17, 15) is 19.2 Å². The Kier molecular flexibility index (Phi) is 6.54. The Balaban J connectivity index is 1.74. The fourth-order valence-electron chi connectivity index (χ4n) is 2.53. The molecule has 10 heteroatoms. The van der Waals surface area contributed by atoms with Crippen LogP contribution in [-0.2, 0) is 9.53 Å². The third-order valence-electron chi connectivity index (χ3n) is 3.82. The fourth-order valence-corrected chi connectivity index (χ4v) is 2.53. The van der Waals surface area contributed by atoms with E-state index in [1.807, 2.05) is 0 Å². The van der Waals surface area contributed by atoms with Crippen molar-refractivity contribution in [2.24, 2.45) is 0 Å². The first kappa shape index (κ1) is 20.4. The van der Waals surface area contributed by atoms with Gasteiger partial charge >= 0.3 is 6.09 Å². The number of nitrogens with one attached hydrogen (secondary N) is 2. The maximum Gasteiger partial charge on any atom is 0.407 e. The predicted octanol–water partition coefficient (Wildman–Crippen LogP) is -0.0309. The van der Waals surface area contributed by atoms with Crippen molar-refractivity contribution in [2.45, 2.75) is 32.8 Å². The summed E-state index contributed by atoms with van der Waals surface area (Å²) in [5, 5.41) is 8.51. The first-order valence-corrected chi connectivity index (χ1v) is 8.75. The Hall–Kier alpha value is -2.91. The van der Waals surface area contributed by atoms with Crippen molar-refractivity contribution in [1.29, 1.82) is 0 Å². The number of H-pyrrole nitrogens is 1. The van der Waals surface area contributed by atoms with Gasteiger partial charge in [-0.05, 0) is 26.8 Å². The maximum absolute atomic E-state index is 12.3. The van der Waals surface area contributed by atoms with Crippen LogP contribution >= 0.6 is 0 Å². The molecule has 0 aliphatic carbocycles. The molecule has 1 aromatic rings. The number of ether oxygens (including phenoxy) is 1. The van der Waals surface area contributed by atoms with Crippen molar-refractivity contribution < 1.29 is 19.1 Å². The highest BCUT2D eigenvalue weighted by Gasteiger charge is 2.25. The van der Waals surface area contributed by atoms with E-state index in [2.05, 4.69) is 15.5 Å². The van der Waals surface area contributed by atoms with E-state index in [0.717, 1.165) is 0 Å². The average Bonchev–Trinajstić information content (AvgIpc) is 2.60. The molecule has 2 heterocycles. The maximum atomic E-state index is 12.3. The quantitative estimate of drug-likeness (QED) is 0.757. The predicted molar refractivity (Wildman–Crippen MR) is 96.2 cm³/mol. The molecular weight excluding hydrogens is 354 g/mol. The SMILES string of the molecule is CC(C)(C)OC(=O)NCCC(=O)N1CCN(C(=O)c2ccc(=O)[nH]n2)CC1. The number of piperazine rings is 1. The Labute approximate surface area is 156 Å². The summed E-state index contributed by atoms with van der Waals surface area (Å²) in [5.41, 5.74) is -0.796. The van der Waals surface area contributed by atoms with Crippen molar-refractivity contribution in [3.05, 3.63) is 28.2 Å². The van der Waals surface area contributed by atoms with Gasteiger partial charge < -0.3 is 19.9 Å². The molecular formula is C17H25N5O5. The zero-order valence-corrected chi connectivity index (χ0v) is 15.8. The van der Waals surface area contributed by atoms with Gasteiger partial charge in [0, 0.05) is 45.2 Å². The number of carbonyl (C=O) groups is 3. The molecule has 1 aromatic heterocycles. The third-order valence-corrected chi connectivity index (χ3v) is 3.82. The van der Waals surface area contributed by atoms with E-state index in [4.69, 9.17) is 4.74 Å². The minimum Gasteiger partial charge on any atom is -0.444 e. The summed E-state index contributed by atoms with van der Waals surface area (Å²) < 4.78 is 5.11. The molecule has 0 saturated carbocycles. The van der Waals surface area contributed by atoms with Gasteiger partial charge in [0.25, 0.3) is 11.5 Å². The van der Waals surface area contributed by atoms with Crippen molar-refractivity contribution >= 4 is 17.9 Å². The molecule has 0 aromatic carbocycles. The molecule has 0 spiro atoms. The second-order valence-electron chi connectivity index (χ2n) is 7.16.